The largest absolute Gasteiger partial charge is 0.329 e. The van der Waals surface area contributed by atoms with Crippen LogP contribution in [0.1, 0.15) is 22.2 Å². The van der Waals surface area contributed by atoms with Crippen LogP contribution < -0.4 is 10.2 Å². The van der Waals surface area contributed by atoms with E-state index in [1.54, 1.807) is 6.92 Å². The predicted octanol–water partition coefficient (Wildman–Crippen LogP) is 0.514. The standard InChI is InChI=1S/C20H22N4O3S/c1-20(15-6-3-2-4-7-15)18(26)24(19(27)21-20)14-22-9-11-23(12-10-22)17(25)16-8-5-13-28-16/h2-8,13H,9-12,14H2,1H3,(H,21,27)/p+1/t20-/m1/s1. The first-order valence-electron chi connectivity index (χ1n) is 9.35. The van der Waals surface area contributed by atoms with Gasteiger partial charge in [-0.3, -0.25) is 9.59 Å². The molecule has 1 aromatic carbocycles. The van der Waals surface area contributed by atoms with Crippen LogP contribution in [-0.4, -0.2) is 60.5 Å². The highest BCUT2D eigenvalue weighted by atomic mass is 32.1. The van der Waals surface area contributed by atoms with Crippen molar-refractivity contribution < 1.29 is 19.3 Å². The van der Waals surface area contributed by atoms with E-state index in [9.17, 15) is 14.4 Å². The highest BCUT2D eigenvalue weighted by Gasteiger charge is 2.50. The minimum Gasteiger partial charge on any atom is -0.327 e. The number of hydrogen-bond donors (Lipinski definition) is 2. The van der Waals surface area contributed by atoms with Crippen LogP contribution in [0.15, 0.2) is 47.8 Å². The molecule has 146 valence electrons. The number of carbonyl (C=O) groups is 3. The first-order chi connectivity index (χ1) is 13.5. The summed E-state index contributed by atoms with van der Waals surface area (Å²) < 4.78 is 0. The zero-order valence-electron chi connectivity index (χ0n) is 15.7. The Kier molecular flexibility index (Phi) is 4.91. The molecular formula is C20H23N4O3S+. The first-order valence-corrected chi connectivity index (χ1v) is 10.2. The normalized spacial score (nSPS) is 23.2. The van der Waals surface area contributed by atoms with E-state index < -0.39 is 5.54 Å². The molecule has 1 atom stereocenters. The van der Waals surface area contributed by atoms with Crippen molar-refractivity contribution >= 4 is 29.2 Å². The first kappa shape index (κ1) is 18.6. The summed E-state index contributed by atoms with van der Waals surface area (Å²) >= 11 is 1.45. The number of quaternary nitrogens is 1. The minimum absolute atomic E-state index is 0.0562. The van der Waals surface area contributed by atoms with Crippen molar-refractivity contribution in [1.82, 2.24) is 15.1 Å². The second-order valence-corrected chi connectivity index (χ2v) is 8.28. The molecule has 8 heteroatoms. The summed E-state index contributed by atoms with van der Waals surface area (Å²) in [5, 5.41) is 4.74. The summed E-state index contributed by atoms with van der Waals surface area (Å²) in [6.45, 7) is 4.70. The highest BCUT2D eigenvalue weighted by molar-refractivity contribution is 7.12. The number of urea groups is 1. The Hall–Kier alpha value is -2.71. The number of thiophene rings is 1. The Balaban J connectivity index is 1.38. The second-order valence-electron chi connectivity index (χ2n) is 7.33. The smallest absolute Gasteiger partial charge is 0.327 e. The summed E-state index contributed by atoms with van der Waals surface area (Å²) in [6.07, 6.45) is 0. The Morgan fingerprint density at radius 2 is 1.86 bits per heavy atom. The van der Waals surface area contributed by atoms with E-state index in [1.807, 2.05) is 52.7 Å². The van der Waals surface area contributed by atoms with E-state index >= 15 is 0 Å². The van der Waals surface area contributed by atoms with Gasteiger partial charge in [-0.25, -0.2) is 9.69 Å². The Labute approximate surface area is 167 Å². The molecule has 28 heavy (non-hydrogen) atoms. The lowest BCUT2D eigenvalue weighted by Crippen LogP contribution is -3.16. The number of piperazine rings is 1. The third-order valence-electron chi connectivity index (χ3n) is 5.50. The quantitative estimate of drug-likeness (QED) is 0.736. The maximum Gasteiger partial charge on any atom is 0.329 e. The SMILES string of the molecule is C[C@]1(c2ccccc2)NC(=O)N(C[NH+]2CCN(C(=O)c3cccs3)CC2)C1=O. The minimum atomic E-state index is -1.03. The third kappa shape index (κ3) is 3.29. The Bertz CT molecular complexity index is 878. The van der Waals surface area contributed by atoms with Gasteiger partial charge >= 0.3 is 6.03 Å². The van der Waals surface area contributed by atoms with Crippen LogP contribution in [-0.2, 0) is 10.3 Å². The van der Waals surface area contributed by atoms with Crippen LogP contribution in [0.4, 0.5) is 4.79 Å². The number of nitrogens with zero attached hydrogens (tertiary/aromatic N) is 2. The molecule has 1 aromatic heterocycles. The summed E-state index contributed by atoms with van der Waals surface area (Å²) in [6, 6.07) is 12.7. The number of nitrogens with one attached hydrogen (secondary N) is 2. The van der Waals surface area contributed by atoms with Gasteiger partial charge in [-0.15, -0.1) is 11.3 Å². The fourth-order valence-corrected chi connectivity index (χ4v) is 4.46. The van der Waals surface area contributed by atoms with Crippen molar-refractivity contribution in [3.63, 3.8) is 0 Å². The number of carbonyl (C=O) groups excluding carboxylic acids is 3. The summed E-state index contributed by atoms with van der Waals surface area (Å²) in [5.74, 6) is -0.172. The maximum absolute atomic E-state index is 13.0. The molecule has 0 saturated carbocycles. The van der Waals surface area contributed by atoms with E-state index in [-0.39, 0.29) is 17.8 Å². The van der Waals surface area contributed by atoms with Gasteiger partial charge in [-0.05, 0) is 23.9 Å². The van der Waals surface area contributed by atoms with Gasteiger partial charge in [0.2, 0.25) is 0 Å². The van der Waals surface area contributed by atoms with Gasteiger partial charge in [0.1, 0.15) is 5.54 Å². The van der Waals surface area contributed by atoms with Crippen molar-refractivity contribution in [2.45, 2.75) is 12.5 Å². The summed E-state index contributed by atoms with van der Waals surface area (Å²) in [4.78, 5) is 43.0. The number of rotatable bonds is 4. The molecule has 3 heterocycles. The zero-order chi connectivity index (χ0) is 19.7. The van der Waals surface area contributed by atoms with E-state index in [0.717, 1.165) is 15.3 Å². The number of benzene rings is 1. The van der Waals surface area contributed by atoms with E-state index in [1.165, 1.54) is 16.2 Å². The van der Waals surface area contributed by atoms with Crippen LogP contribution in [0, 0.1) is 0 Å². The Morgan fingerprint density at radius 3 is 2.50 bits per heavy atom. The van der Waals surface area contributed by atoms with Crippen LogP contribution in [0.3, 0.4) is 0 Å². The van der Waals surface area contributed by atoms with Crippen LogP contribution in [0.2, 0.25) is 0 Å². The maximum atomic E-state index is 13.0. The number of hydrogen-bond acceptors (Lipinski definition) is 4. The van der Waals surface area contributed by atoms with Gasteiger partial charge in [0, 0.05) is 0 Å². The topological polar surface area (TPSA) is 74.2 Å². The number of imide groups is 1. The zero-order valence-corrected chi connectivity index (χ0v) is 16.5. The molecule has 4 amide bonds. The van der Waals surface area contributed by atoms with Gasteiger partial charge in [-0.2, -0.15) is 0 Å². The lowest BCUT2D eigenvalue weighted by Gasteiger charge is -2.33. The van der Waals surface area contributed by atoms with Crippen molar-refractivity contribution in [2.24, 2.45) is 0 Å². The fraction of sp³-hybridized carbons (Fsp3) is 0.350. The molecule has 7 nitrogen and oxygen atoms in total. The average molecular weight is 399 g/mol. The van der Waals surface area contributed by atoms with Gasteiger partial charge in [-0.1, -0.05) is 36.4 Å². The van der Waals surface area contributed by atoms with Crippen molar-refractivity contribution in [3.05, 3.63) is 58.3 Å². The predicted molar refractivity (Wildman–Crippen MR) is 105 cm³/mol. The van der Waals surface area contributed by atoms with E-state index in [4.69, 9.17) is 0 Å². The van der Waals surface area contributed by atoms with E-state index in [2.05, 4.69) is 5.32 Å². The van der Waals surface area contributed by atoms with Crippen molar-refractivity contribution in [2.75, 3.05) is 32.8 Å². The van der Waals surface area contributed by atoms with Gasteiger partial charge in [0.25, 0.3) is 11.8 Å². The monoisotopic (exact) mass is 399 g/mol. The van der Waals surface area contributed by atoms with Crippen LogP contribution >= 0.6 is 11.3 Å². The molecule has 0 aliphatic carbocycles. The third-order valence-corrected chi connectivity index (χ3v) is 6.36. The summed E-state index contributed by atoms with van der Waals surface area (Å²) in [7, 11) is 0. The molecule has 2 saturated heterocycles. The van der Waals surface area contributed by atoms with Crippen molar-refractivity contribution in [1.29, 1.82) is 0 Å². The molecule has 0 radical (unpaired) electrons. The Morgan fingerprint density at radius 1 is 1.14 bits per heavy atom. The number of amides is 4. The van der Waals surface area contributed by atoms with Crippen LogP contribution in [0.5, 0.6) is 0 Å². The molecule has 2 aromatic rings. The summed E-state index contributed by atoms with van der Waals surface area (Å²) in [5.41, 5.74) is -0.258. The molecular weight excluding hydrogens is 376 g/mol. The van der Waals surface area contributed by atoms with Gasteiger partial charge in [0.05, 0.1) is 31.1 Å². The molecule has 2 fully saturated rings. The molecule has 0 unspecified atom stereocenters. The fourth-order valence-electron chi connectivity index (χ4n) is 3.77. The molecule has 2 N–H and O–H groups in total. The molecule has 0 spiro atoms. The van der Waals surface area contributed by atoms with E-state index in [0.29, 0.717) is 32.8 Å². The van der Waals surface area contributed by atoms with Crippen LogP contribution in [0.25, 0.3) is 0 Å². The molecule has 2 aliphatic heterocycles. The lowest BCUT2D eigenvalue weighted by atomic mass is 9.92. The molecule has 0 bridgehead atoms. The molecule has 4 rings (SSSR count). The second kappa shape index (κ2) is 7.37. The highest BCUT2D eigenvalue weighted by Crippen LogP contribution is 2.27. The average Bonchev–Trinajstić information content (AvgIpc) is 3.33. The van der Waals surface area contributed by atoms with Gasteiger partial charge in [0.15, 0.2) is 6.67 Å². The lowest BCUT2D eigenvalue weighted by molar-refractivity contribution is -0.911. The molecule has 2 aliphatic rings. The van der Waals surface area contributed by atoms with Gasteiger partial charge < -0.3 is 15.1 Å². The van der Waals surface area contributed by atoms with Crippen molar-refractivity contribution in [3.8, 4) is 0 Å².